The lowest BCUT2D eigenvalue weighted by Crippen LogP contribution is -2.41. The van der Waals surface area contributed by atoms with Crippen molar-refractivity contribution in [1.82, 2.24) is 9.88 Å². The average molecular weight is 415 g/mol. The van der Waals surface area contributed by atoms with Crippen LogP contribution in [0.3, 0.4) is 0 Å². The molecule has 1 saturated heterocycles. The number of primary amides is 1. The zero-order valence-corrected chi connectivity index (χ0v) is 17.5. The molecule has 7 nitrogen and oxygen atoms in total. The van der Waals surface area contributed by atoms with E-state index in [0.29, 0.717) is 36.7 Å². The highest BCUT2D eigenvalue weighted by Gasteiger charge is 2.23. The predicted molar refractivity (Wildman–Crippen MR) is 120 cm³/mol. The Morgan fingerprint density at radius 1 is 1.19 bits per heavy atom. The van der Waals surface area contributed by atoms with Gasteiger partial charge in [0, 0.05) is 48.0 Å². The topological polar surface area (TPSA) is 106 Å². The molecule has 0 bridgehead atoms. The standard InChI is InChI=1S/C24H25N5O2/c1-2-29(20-7-8-22-21(13-20)19(14-25)15-27-22)23(30)18-5-3-16(4-6-18)17-9-11-28(12-10-17)24(26)31/h3-8,13,15,17,27H,2,9-12H2,1H3,(H2,26,31). The first-order chi connectivity index (χ1) is 15.0. The van der Waals surface area contributed by atoms with Gasteiger partial charge >= 0.3 is 6.03 Å². The number of rotatable bonds is 4. The number of fused-ring (bicyclic) bond motifs is 1. The molecule has 0 unspecified atom stereocenters. The molecule has 3 aromatic rings. The third-order valence-corrected chi connectivity index (χ3v) is 6.09. The fourth-order valence-electron chi connectivity index (χ4n) is 4.30. The number of hydrogen-bond acceptors (Lipinski definition) is 3. The van der Waals surface area contributed by atoms with Gasteiger partial charge in [0.05, 0.1) is 5.56 Å². The molecule has 0 saturated carbocycles. The van der Waals surface area contributed by atoms with Crippen molar-refractivity contribution in [2.24, 2.45) is 5.73 Å². The normalized spacial score (nSPS) is 14.4. The highest BCUT2D eigenvalue weighted by molar-refractivity contribution is 6.07. The number of carbonyl (C=O) groups is 2. The number of likely N-dealkylation sites (tertiary alicyclic amines) is 1. The van der Waals surface area contributed by atoms with Crippen LogP contribution in [-0.2, 0) is 0 Å². The maximum absolute atomic E-state index is 13.2. The maximum atomic E-state index is 13.2. The van der Waals surface area contributed by atoms with E-state index in [1.807, 2.05) is 49.4 Å². The minimum absolute atomic E-state index is 0.0778. The van der Waals surface area contributed by atoms with Crippen LogP contribution in [0.2, 0.25) is 0 Å². The molecule has 3 N–H and O–H groups in total. The van der Waals surface area contributed by atoms with Gasteiger partial charge in [-0.25, -0.2) is 4.79 Å². The SMILES string of the molecule is CCN(C(=O)c1ccc(C2CCN(C(N)=O)CC2)cc1)c1ccc2[nH]cc(C#N)c2c1. The van der Waals surface area contributed by atoms with Gasteiger partial charge in [0.1, 0.15) is 6.07 Å². The number of benzene rings is 2. The van der Waals surface area contributed by atoms with E-state index in [1.54, 1.807) is 16.0 Å². The number of nitrogens with zero attached hydrogens (tertiary/aromatic N) is 3. The van der Waals surface area contributed by atoms with E-state index in [-0.39, 0.29) is 11.9 Å². The molecule has 31 heavy (non-hydrogen) atoms. The van der Waals surface area contributed by atoms with Gasteiger partial charge in [0.25, 0.3) is 5.91 Å². The summed E-state index contributed by atoms with van der Waals surface area (Å²) < 4.78 is 0. The molecule has 0 aliphatic carbocycles. The Morgan fingerprint density at radius 2 is 1.90 bits per heavy atom. The number of nitrogens with one attached hydrogen (secondary N) is 1. The number of H-pyrrole nitrogens is 1. The first-order valence-corrected chi connectivity index (χ1v) is 10.5. The molecule has 0 atom stereocenters. The molecule has 1 aliphatic rings. The molecule has 1 fully saturated rings. The second-order valence-corrected chi connectivity index (χ2v) is 7.82. The Bertz CT molecular complexity index is 1150. The Hall–Kier alpha value is -3.79. The second-order valence-electron chi connectivity index (χ2n) is 7.82. The largest absolute Gasteiger partial charge is 0.360 e. The summed E-state index contributed by atoms with van der Waals surface area (Å²) in [5, 5.41) is 10.1. The van der Waals surface area contributed by atoms with Crippen LogP contribution >= 0.6 is 0 Å². The Balaban J connectivity index is 1.52. The third kappa shape index (κ3) is 3.97. The molecule has 7 heteroatoms. The highest BCUT2D eigenvalue weighted by Crippen LogP contribution is 2.29. The number of anilines is 1. The average Bonchev–Trinajstić information content (AvgIpc) is 3.22. The fourth-order valence-corrected chi connectivity index (χ4v) is 4.30. The number of carbonyl (C=O) groups excluding carboxylic acids is 2. The third-order valence-electron chi connectivity index (χ3n) is 6.09. The van der Waals surface area contributed by atoms with Gasteiger partial charge in [0.2, 0.25) is 0 Å². The molecule has 4 rings (SSSR count). The first kappa shape index (κ1) is 20.5. The zero-order chi connectivity index (χ0) is 22.0. The lowest BCUT2D eigenvalue weighted by atomic mass is 9.89. The summed E-state index contributed by atoms with van der Waals surface area (Å²) in [6.07, 6.45) is 3.42. The number of piperidine rings is 1. The minimum Gasteiger partial charge on any atom is -0.360 e. The van der Waals surface area contributed by atoms with Gasteiger partial charge < -0.3 is 20.5 Å². The lowest BCUT2D eigenvalue weighted by Gasteiger charge is -2.31. The molecular formula is C24H25N5O2. The number of aromatic nitrogens is 1. The van der Waals surface area contributed by atoms with Gasteiger partial charge in [-0.2, -0.15) is 5.26 Å². The van der Waals surface area contributed by atoms with Gasteiger partial charge in [0.15, 0.2) is 0 Å². The van der Waals surface area contributed by atoms with E-state index < -0.39 is 0 Å². The van der Waals surface area contributed by atoms with Crippen LogP contribution in [0.4, 0.5) is 10.5 Å². The number of nitriles is 1. The molecular weight excluding hydrogens is 390 g/mol. The second kappa shape index (κ2) is 8.52. The summed E-state index contributed by atoms with van der Waals surface area (Å²) >= 11 is 0. The molecule has 1 aromatic heterocycles. The summed E-state index contributed by atoms with van der Waals surface area (Å²) in [5.74, 6) is 0.286. The van der Waals surface area contributed by atoms with Crippen LogP contribution in [0.15, 0.2) is 48.7 Å². The van der Waals surface area contributed by atoms with Crippen molar-refractivity contribution in [2.75, 3.05) is 24.5 Å². The van der Waals surface area contributed by atoms with Crippen LogP contribution < -0.4 is 10.6 Å². The maximum Gasteiger partial charge on any atom is 0.314 e. The lowest BCUT2D eigenvalue weighted by molar-refractivity contribution is 0.0988. The number of nitrogens with two attached hydrogens (primary N) is 1. The molecule has 1 aliphatic heterocycles. The van der Waals surface area contributed by atoms with Gasteiger partial charge in [-0.1, -0.05) is 12.1 Å². The van der Waals surface area contributed by atoms with Crippen molar-refractivity contribution >= 4 is 28.5 Å². The quantitative estimate of drug-likeness (QED) is 0.673. The van der Waals surface area contributed by atoms with E-state index in [9.17, 15) is 14.9 Å². The predicted octanol–water partition coefficient (Wildman–Crippen LogP) is 3.96. The first-order valence-electron chi connectivity index (χ1n) is 10.5. The van der Waals surface area contributed by atoms with Crippen LogP contribution in [-0.4, -0.2) is 41.5 Å². The summed E-state index contributed by atoms with van der Waals surface area (Å²) in [4.78, 5) is 31.0. The zero-order valence-electron chi connectivity index (χ0n) is 17.5. The Morgan fingerprint density at radius 3 is 2.52 bits per heavy atom. The highest BCUT2D eigenvalue weighted by atomic mass is 16.2. The molecule has 2 aromatic carbocycles. The Kier molecular flexibility index (Phi) is 5.63. The summed E-state index contributed by atoms with van der Waals surface area (Å²) in [5.41, 5.74) is 9.35. The molecule has 3 amide bonds. The fraction of sp³-hybridized carbons (Fsp3) is 0.292. The van der Waals surface area contributed by atoms with Crippen molar-refractivity contribution < 1.29 is 9.59 Å². The van der Waals surface area contributed by atoms with Gasteiger partial charge in [-0.05, 0) is 61.6 Å². The minimum atomic E-state index is -0.362. The van der Waals surface area contributed by atoms with E-state index >= 15 is 0 Å². The van der Waals surface area contributed by atoms with E-state index in [4.69, 9.17) is 5.73 Å². The summed E-state index contributed by atoms with van der Waals surface area (Å²) in [7, 11) is 0. The van der Waals surface area contributed by atoms with Gasteiger partial charge in [-0.3, -0.25) is 4.79 Å². The number of aromatic amines is 1. The molecule has 2 heterocycles. The molecule has 0 radical (unpaired) electrons. The summed E-state index contributed by atoms with van der Waals surface area (Å²) in [6.45, 7) is 3.78. The van der Waals surface area contributed by atoms with Crippen LogP contribution in [0.5, 0.6) is 0 Å². The smallest absolute Gasteiger partial charge is 0.314 e. The van der Waals surface area contributed by atoms with Gasteiger partial charge in [-0.15, -0.1) is 0 Å². The molecule has 0 spiro atoms. The molecule has 158 valence electrons. The van der Waals surface area contributed by atoms with Crippen molar-refractivity contribution in [3.8, 4) is 6.07 Å². The summed E-state index contributed by atoms with van der Waals surface area (Å²) in [6, 6.07) is 15.2. The van der Waals surface area contributed by atoms with E-state index in [2.05, 4.69) is 11.1 Å². The number of urea groups is 1. The van der Waals surface area contributed by atoms with Crippen molar-refractivity contribution in [2.45, 2.75) is 25.7 Å². The number of amides is 3. The van der Waals surface area contributed by atoms with E-state index in [1.165, 1.54) is 5.56 Å². The van der Waals surface area contributed by atoms with Crippen LogP contribution in [0, 0.1) is 11.3 Å². The number of hydrogen-bond donors (Lipinski definition) is 2. The monoisotopic (exact) mass is 415 g/mol. The van der Waals surface area contributed by atoms with Crippen LogP contribution in [0.25, 0.3) is 10.9 Å². The van der Waals surface area contributed by atoms with E-state index in [0.717, 1.165) is 29.4 Å². The van der Waals surface area contributed by atoms with Crippen LogP contribution in [0.1, 0.15) is 47.2 Å². The van der Waals surface area contributed by atoms with Crippen molar-refractivity contribution in [3.05, 3.63) is 65.4 Å². The Labute approximate surface area is 181 Å². The van der Waals surface area contributed by atoms with Crippen molar-refractivity contribution in [1.29, 1.82) is 5.26 Å². The van der Waals surface area contributed by atoms with Crippen molar-refractivity contribution in [3.63, 3.8) is 0 Å².